The quantitative estimate of drug-likeness (QED) is 0.187. The van der Waals surface area contributed by atoms with E-state index in [0.717, 1.165) is 57.8 Å². The fraction of sp³-hybridized carbons (Fsp3) is 0.667. The number of carbonyl (C=O) groups excluding carboxylic acids is 1. The number of carbonyl (C=O) groups is 1. The Labute approximate surface area is 205 Å². The number of ether oxygens (including phenoxy) is 1. The predicted molar refractivity (Wildman–Crippen MR) is 135 cm³/mol. The van der Waals surface area contributed by atoms with Gasteiger partial charge in [0.05, 0.1) is 5.92 Å². The molecule has 3 rings (SSSR count). The van der Waals surface area contributed by atoms with Gasteiger partial charge < -0.3 is 4.74 Å². The molecule has 3 nitrogen and oxygen atoms in total. The lowest BCUT2D eigenvalue weighted by atomic mass is 9.78. The zero-order valence-corrected chi connectivity index (χ0v) is 20.9. The number of benzene rings is 1. The van der Waals surface area contributed by atoms with E-state index in [1.54, 1.807) is 0 Å². The zero-order chi connectivity index (χ0) is 24.2. The van der Waals surface area contributed by atoms with Gasteiger partial charge in [0.25, 0.3) is 0 Å². The van der Waals surface area contributed by atoms with Crippen LogP contribution in [0, 0.1) is 23.2 Å². The summed E-state index contributed by atoms with van der Waals surface area (Å²) in [6.45, 7) is 2.25. The number of halogens is 1. The highest BCUT2D eigenvalue weighted by atomic mass is 19.1. The smallest absolute Gasteiger partial charge is 0.309 e. The molecule has 0 atom stereocenters. The van der Waals surface area contributed by atoms with Gasteiger partial charge >= 0.3 is 5.97 Å². The van der Waals surface area contributed by atoms with E-state index < -0.39 is 5.83 Å². The Bertz CT molecular complexity index is 809. The van der Waals surface area contributed by atoms with E-state index in [0.29, 0.717) is 18.3 Å². The number of nitrogens with zero attached hydrogens (tertiary/aromatic N) is 1. The summed E-state index contributed by atoms with van der Waals surface area (Å²) in [4.78, 5) is 12.8. The van der Waals surface area contributed by atoms with Gasteiger partial charge in [-0.1, -0.05) is 50.5 Å². The molecule has 2 fully saturated rings. The third-order valence-electron chi connectivity index (χ3n) is 7.91. The fourth-order valence-corrected chi connectivity index (χ4v) is 5.67. The number of hydrogen-bond acceptors (Lipinski definition) is 3. The van der Waals surface area contributed by atoms with Crippen molar-refractivity contribution in [3.8, 4) is 6.07 Å². The molecule has 0 N–H and O–H groups in total. The molecule has 0 spiro atoms. The van der Waals surface area contributed by atoms with Gasteiger partial charge in [-0.2, -0.15) is 9.65 Å². The van der Waals surface area contributed by atoms with Crippen molar-refractivity contribution in [1.29, 1.82) is 5.26 Å². The molecule has 0 bridgehead atoms. The van der Waals surface area contributed by atoms with E-state index in [1.807, 2.05) is 0 Å². The molecular weight excluding hydrogens is 425 g/mol. The average molecular weight is 468 g/mol. The van der Waals surface area contributed by atoms with Crippen LogP contribution in [0.1, 0.15) is 114 Å². The van der Waals surface area contributed by atoms with E-state index >= 15 is 0 Å². The Morgan fingerprint density at radius 3 is 2.38 bits per heavy atom. The Balaban J connectivity index is 1.34. The average Bonchev–Trinajstić information content (AvgIpc) is 2.88. The van der Waals surface area contributed by atoms with Crippen molar-refractivity contribution >= 4 is 5.97 Å². The summed E-state index contributed by atoms with van der Waals surface area (Å²) in [5.74, 6) is 0.464. The molecule has 0 heterocycles. The molecule has 186 valence electrons. The Hall–Kier alpha value is -2.15. The van der Waals surface area contributed by atoms with Gasteiger partial charge in [-0.15, -0.1) is 0 Å². The molecular formula is C30H42FNO2. The SMILES string of the molecule is CCCCCCc1ccc(C2CCC(C(=O)OC3CCC(CC/C=C(/F)C#N)CC3)CC2)cc1. The second-order valence-electron chi connectivity index (χ2n) is 10.4. The molecule has 0 amide bonds. The lowest BCUT2D eigenvalue weighted by Gasteiger charge is -2.31. The van der Waals surface area contributed by atoms with Gasteiger partial charge in [0.2, 0.25) is 0 Å². The minimum Gasteiger partial charge on any atom is -0.462 e. The molecule has 0 saturated heterocycles. The predicted octanol–water partition coefficient (Wildman–Crippen LogP) is 8.34. The maximum Gasteiger partial charge on any atom is 0.309 e. The van der Waals surface area contributed by atoms with Crippen LogP contribution < -0.4 is 0 Å². The van der Waals surface area contributed by atoms with Gasteiger partial charge in [-0.25, -0.2) is 0 Å². The minimum absolute atomic E-state index is 0.00310. The first-order valence-corrected chi connectivity index (χ1v) is 13.6. The zero-order valence-electron chi connectivity index (χ0n) is 20.9. The lowest BCUT2D eigenvalue weighted by molar-refractivity contribution is -0.157. The van der Waals surface area contributed by atoms with Crippen molar-refractivity contribution in [2.24, 2.45) is 11.8 Å². The molecule has 0 aromatic heterocycles. The van der Waals surface area contributed by atoms with Gasteiger partial charge in [0.15, 0.2) is 5.83 Å². The van der Waals surface area contributed by atoms with Gasteiger partial charge in [-0.3, -0.25) is 4.79 Å². The summed E-state index contributed by atoms with van der Waals surface area (Å²) in [6, 6.07) is 10.7. The Morgan fingerprint density at radius 2 is 1.74 bits per heavy atom. The van der Waals surface area contributed by atoms with Crippen molar-refractivity contribution in [3.05, 3.63) is 47.3 Å². The molecule has 4 heteroatoms. The van der Waals surface area contributed by atoms with Gasteiger partial charge in [0, 0.05) is 0 Å². The van der Waals surface area contributed by atoms with Crippen LogP contribution in [-0.4, -0.2) is 12.1 Å². The number of aryl methyl sites for hydroxylation is 1. The van der Waals surface area contributed by atoms with Crippen molar-refractivity contribution in [1.82, 2.24) is 0 Å². The summed E-state index contributed by atoms with van der Waals surface area (Å²) in [7, 11) is 0. The number of allylic oxidation sites excluding steroid dienone is 2. The first-order valence-electron chi connectivity index (χ1n) is 13.6. The van der Waals surface area contributed by atoms with E-state index in [-0.39, 0.29) is 18.0 Å². The lowest BCUT2D eigenvalue weighted by Crippen LogP contribution is -2.29. The van der Waals surface area contributed by atoms with Gasteiger partial charge in [-0.05, 0) is 106 Å². The highest BCUT2D eigenvalue weighted by molar-refractivity contribution is 5.72. The van der Waals surface area contributed by atoms with Crippen LogP contribution in [0.3, 0.4) is 0 Å². The van der Waals surface area contributed by atoms with Crippen LogP contribution in [0.15, 0.2) is 36.2 Å². The minimum atomic E-state index is -0.688. The molecule has 2 aliphatic rings. The van der Waals surface area contributed by atoms with Crippen LogP contribution in [0.4, 0.5) is 4.39 Å². The molecule has 2 aliphatic carbocycles. The van der Waals surface area contributed by atoms with Crippen LogP contribution in [0.2, 0.25) is 0 Å². The molecule has 0 unspecified atom stereocenters. The van der Waals surface area contributed by atoms with Crippen molar-refractivity contribution in [2.75, 3.05) is 0 Å². The van der Waals surface area contributed by atoms with E-state index in [4.69, 9.17) is 10.00 Å². The normalized spacial score (nSPS) is 25.5. The highest BCUT2D eigenvalue weighted by Gasteiger charge is 2.31. The number of unbranched alkanes of at least 4 members (excludes halogenated alkanes) is 3. The summed E-state index contributed by atoms with van der Waals surface area (Å²) >= 11 is 0. The van der Waals surface area contributed by atoms with E-state index in [1.165, 1.54) is 55.4 Å². The van der Waals surface area contributed by atoms with Crippen LogP contribution in [-0.2, 0) is 16.0 Å². The number of hydrogen-bond donors (Lipinski definition) is 0. The van der Waals surface area contributed by atoms with Crippen molar-refractivity contribution < 1.29 is 13.9 Å². The molecule has 34 heavy (non-hydrogen) atoms. The second-order valence-corrected chi connectivity index (χ2v) is 10.4. The molecule has 1 aromatic rings. The third kappa shape index (κ3) is 8.57. The maximum absolute atomic E-state index is 12.9. The first-order chi connectivity index (χ1) is 16.6. The van der Waals surface area contributed by atoms with Crippen molar-refractivity contribution in [3.63, 3.8) is 0 Å². The molecule has 0 radical (unpaired) electrons. The Kier molecular flexibility index (Phi) is 11.1. The summed E-state index contributed by atoms with van der Waals surface area (Å²) in [5, 5.41) is 8.48. The molecule has 0 aliphatic heterocycles. The standard InChI is InChI=1S/C30H42FNO2/c1-2-3-4-5-7-23-10-14-25(15-11-23)26-16-18-27(19-17-26)30(33)34-29-20-12-24(13-21-29)8-6-9-28(31)22-32/h9-11,14-15,24,26-27,29H,2-8,12-13,16-21H2,1H3/b28-9+. The molecule has 1 aromatic carbocycles. The highest BCUT2D eigenvalue weighted by Crippen LogP contribution is 2.37. The maximum atomic E-state index is 12.9. The number of esters is 1. The number of rotatable bonds is 11. The van der Waals surface area contributed by atoms with Crippen LogP contribution in [0.25, 0.3) is 0 Å². The largest absolute Gasteiger partial charge is 0.462 e. The molecule has 2 saturated carbocycles. The van der Waals surface area contributed by atoms with Gasteiger partial charge in [0.1, 0.15) is 12.2 Å². The van der Waals surface area contributed by atoms with Crippen molar-refractivity contribution in [2.45, 2.75) is 115 Å². The van der Waals surface area contributed by atoms with Crippen LogP contribution >= 0.6 is 0 Å². The third-order valence-corrected chi connectivity index (χ3v) is 7.91. The first kappa shape index (κ1) is 26.5. The summed E-state index contributed by atoms with van der Waals surface area (Å²) in [5.41, 5.74) is 2.87. The summed E-state index contributed by atoms with van der Waals surface area (Å²) in [6.07, 6.45) is 17.1. The topological polar surface area (TPSA) is 50.1 Å². The number of nitriles is 1. The van der Waals surface area contributed by atoms with E-state index in [2.05, 4.69) is 31.2 Å². The monoisotopic (exact) mass is 467 g/mol. The fourth-order valence-electron chi connectivity index (χ4n) is 5.67. The Morgan fingerprint density at radius 1 is 1.03 bits per heavy atom. The van der Waals surface area contributed by atoms with E-state index in [9.17, 15) is 9.18 Å². The van der Waals surface area contributed by atoms with Crippen LogP contribution in [0.5, 0.6) is 0 Å². The summed E-state index contributed by atoms with van der Waals surface area (Å²) < 4.78 is 18.8. The second kappa shape index (κ2) is 14.3.